The number of carbonyl (C=O) groups excluding carboxylic acids is 1. The molecule has 0 aliphatic heterocycles. The molecule has 0 aliphatic rings. The van der Waals surface area contributed by atoms with Crippen molar-refractivity contribution in [1.29, 1.82) is 0 Å². The average Bonchev–Trinajstić information content (AvgIpc) is 2.47. The van der Waals surface area contributed by atoms with Crippen molar-refractivity contribution in [3.8, 4) is 0 Å². The normalized spacial score (nSPS) is 10.1. The van der Waals surface area contributed by atoms with Crippen LogP contribution in [0.2, 0.25) is 5.02 Å². The Labute approximate surface area is 121 Å². The van der Waals surface area contributed by atoms with Gasteiger partial charge in [-0.2, -0.15) is 0 Å². The molecule has 0 aliphatic carbocycles. The highest BCUT2D eigenvalue weighted by Gasteiger charge is 2.07. The molecule has 0 saturated carbocycles. The average molecular weight is 291 g/mol. The number of rotatable bonds is 4. The van der Waals surface area contributed by atoms with Gasteiger partial charge in [0.05, 0.1) is 11.4 Å². The lowest BCUT2D eigenvalue weighted by atomic mass is 10.1. The van der Waals surface area contributed by atoms with Crippen LogP contribution in [-0.2, 0) is 6.54 Å². The van der Waals surface area contributed by atoms with Crippen LogP contribution in [-0.4, -0.2) is 5.91 Å². The Morgan fingerprint density at radius 3 is 2.50 bits per heavy atom. The third-order valence-corrected chi connectivity index (χ3v) is 3.09. The van der Waals surface area contributed by atoms with Crippen LogP contribution in [0.3, 0.4) is 0 Å². The number of benzene rings is 2. The number of anilines is 2. The van der Waals surface area contributed by atoms with Gasteiger partial charge in [0.2, 0.25) is 0 Å². The number of amides is 1. The monoisotopic (exact) mass is 290 g/mol. The molecule has 1 amide bonds. The molecule has 0 fully saturated rings. The maximum absolute atomic E-state index is 12.0. The lowest BCUT2D eigenvalue weighted by molar-refractivity contribution is 0.0951. The summed E-state index contributed by atoms with van der Waals surface area (Å²) in [6.45, 7) is 0.422. The second-order valence-electron chi connectivity index (χ2n) is 4.26. The summed E-state index contributed by atoms with van der Waals surface area (Å²) in [5, 5.41) is 3.48. The zero-order valence-corrected chi connectivity index (χ0v) is 11.4. The van der Waals surface area contributed by atoms with Crippen molar-refractivity contribution < 1.29 is 4.79 Å². The number of nitrogens with one attached hydrogen (secondary N) is 2. The third kappa shape index (κ3) is 3.40. The van der Waals surface area contributed by atoms with Crippen molar-refractivity contribution in [2.45, 2.75) is 6.54 Å². The summed E-state index contributed by atoms with van der Waals surface area (Å²) in [7, 11) is 0. The van der Waals surface area contributed by atoms with Crippen molar-refractivity contribution in [3.63, 3.8) is 0 Å². The van der Waals surface area contributed by atoms with Gasteiger partial charge in [-0.3, -0.25) is 10.6 Å². The first-order valence-electron chi connectivity index (χ1n) is 5.99. The molecule has 0 atom stereocenters. The predicted octanol–water partition coefficient (Wildman–Crippen LogP) is 2.14. The Morgan fingerprint density at radius 2 is 1.85 bits per heavy atom. The van der Waals surface area contributed by atoms with Gasteiger partial charge in [-0.05, 0) is 35.9 Å². The molecule has 0 saturated heterocycles. The topological polar surface area (TPSA) is 93.2 Å². The van der Waals surface area contributed by atoms with Crippen molar-refractivity contribution in [1.82, 2.24) is 5.32 Å². The quantitative estimate of drug-likeness (QED) is 0.394. The Kier molecular flexibility index (Phi) is 4.45. The van der Waals surface area contributed by atoms with Crippen LogP contribution in [0.25, 0.3) is 0 Å². The van der Waals surface area contributed by atoms with Gasteiger partial charge < -0.3 is 16.5 Å². The van der Waals surface area contributed by atoms with E-state index < -0.39 is 0 Å². The van der Waals surface area contributed by atoms with E-state index >= 15 is 0 Å². The van der Waals surface area contributed by atoms with Crippen LogP contribution in [0.15, 0.2) is 42.5 Å². The van der Waals surface area contributed by atoms with Crippen molar-refractivity contribution in [2.24, 2.45) is 5.84 Å². The van der Waals surface area contributed by atoms with Crippen molar-refractivity contribution in [2.75, 3.05) is 11.2 Å². The highest BCUT2D eigenvalue weighted by molar-refractivity contribution is 6.30. The fraction of sp³-hybridized carbons (Fsp3) is 0.0714. The summed E-state index contributed by atoms with van der Waals surface area (Å²) in [5.41, 5.74) is 10.6. The van der Waals surface area contributed by atoms with Crippen LogP contribution in [0, 0.1) is 0 Å². The molecule has 0 heterocycles. The lowest BCUT2D eigenvalue weighted by Crippen LogP contribution is -2.23. The van der Waals surface area contributed by atoms with Crippen molar-refractivity contribution >= 4 is 28.9 Å². The fourth-order valence-electron chi connectivity index (χ4n) is 1.71. The van der Waals surface area contributed by atoms with Gasteiger partial charge in [0, 0.05) is 17.1 Å². The molecule has 0 bridgehead atoms. The minimum atomic E-state index is -0.198. The molecule has 2 aromatic rings. The number of nitrogen functional groups attached to an aromatic ring is 2. The largest absolute Gasteiger partial charge is 0.397 e. The second kappa shape index (κ2) is 6.27. The van der Waals surface area contributed by atoms with Gasteiger partial charge in [-0.25, -0.2) is 0 Å². The molecule has 6 heteroatoms. The van der Waals surface area contributed by atoms with Crippen molar-refractivity contribution in [3.05, 3.63) is 58.6 Å². The number of hydrazine groups is 1. The Bertz CT molecular complexity index is 613. The van der Waals surface area contributed by atoms with E-state index in [-0.39, 0.29) is 5.91 Å². The maximum Gasteiger partial charge on any atom is 0.251 e. The summed E-state index contributed by atoms with van der Waals surface area (Å²) in [4.78, 5) is 12.0. The molecule has 104 valence electrons. The summed E-state index contributed by atoms with van der Waals surface area (Å²) < 4.78 is 0. The first kappa shape index (κ1) is 14.2. The summed E-state index contributed by atoms with van der Waals surface area (Å²) >= 11 is 5.80. The van der Waals surface area contributed by atoms with Gasteiger partial charge in [0.25, 0.3) is 5.91 Å². The number of hydrogen-bond donors (Lipinski definition) is 4. The Hall–Kier alpha value is -2.24. The Balaban J connectivity index is 2.03. The van der Waals surface area contributed by atoms with Gasteiger partial charge in [-0.15, -0.1) is 0 Å². The van der Waals surface area contributed by atoms with Crippen LogP contribution in [0.4, 0.5) is 11.4 Å². The summed E-state index contributed by atoms with van der Waals surface area (Å²) in [5.74, 6) is 5.13. The van der Waals surface area contributed by atoms with Crippen LogP contribution in [0.5, 0.6) is 0 Å². The summed E-state index contributed by atoms with van der Waals surface area (Å²) in [6, 6.07) is 12.2. The van der Waals surface area contributed by atoms with Gasteiger partial charge in [0.1, 0.15) is 0 Å². The molecular formula is C14H15ClN4O. The lowest BCUT2D eigenvalue weighted by Gasteiger charge is -2.09. The standard InChI is InChI=1S/C14H15ClN4O/c15-11-4-1-9(2-5-11)8-18-14(20)10-3-6-12(16)13(7-10)19-17/h1-7,19H,8,16-17H2,(H,18,20). The third-order valence-electron chi connectivity index (χ3n) is 2.84. The molecule has 2 rings (SSSR count). The molecule has 2 aromatic carbocycles. The molecule has 0 aromatic heterocycles. The number of nitrogens with two attached hydrogens (primary N) is 2. The molecule has 6 N–H and O–H groups in total. The van der Waals surface area contributed by atoms with Crippen LogP contribution >= 0.6 is 11.6 Å². The summed E-state index contributed by atoms with van der Waals surface area (Å²) in [6.07, 6.45) is 0. The maximum atomic E-state index is 12.0. The van der Waals surface area contributed by atoms with E-state index in [0.717, 1.165) is 5.56 Å². The molecule has 5 nitrogen and oxygen atoms in total. The van der Waals surface area contributed by atoms with Crippen LogP contribution < -0.4 is 22.3 Å². The number of halogens is 1. The highest BCUT2D eigenvalue weighted by Crippen LogP contribution is 2.18. The van der Waals surface area contributed by atoms with Gasteiger partial charge in [-0.1, -0.05) is 23.7 Å². The number of hydrogen-bond acceptors (Lipinski definition) is 4. The van der Waals surface area contributed by atoms with Gasteiger partial charge >= 0.3 is 0 Å². The SMILES string of the molecule is NNc1cc(C(=O)NCc2ccc(Cl)cc2)ccc1N. The smallest absolute Gasteiger partial charge is 0.251 e. The minimum absolute atomic E-state index is 0.198. The zero-order valence-electron chi connectivity index (χ0n) is 10.7. The Morgan fingerprint density at radius 1 is 1.15 bits per heavy atom. The molecule has 20 heavy (non-hydrogen) atoms. The molecule has 0 unspecified atom stereocenters. The first-order valence-corrected chi connectivity index (χ1v) is 6.36. The highest BCUT2D eigenvalue weighted by atomic mass is 35.5. The zero-order chi connectivity index (χ0) is 14.5. The van der Waals surface area contributed by atoms with E-state index in [1.54, 1.807) is 30.3 Å². The fourth-order valence-corrected chi connectivity index (χ4v) is 1.84. The molecule has 0 radical (unpaired) electrons. The second-order valence-corrected chi connectivity index (χ2v) is 4.69. The van der Waals surface area contributed by atoms with E-state index in [1.807, 2.05) is 12.1 Å². The minimum Gasteiger partial charge on any atom is -0.397 e. The van der Waals surface area contributed by atoms with E-state index in [9.17, 15) is 4.79 Å². The molecule has 0 spiro atoms. The van der Waals surface area contributed by atoms with Crippen LogP contribution in [0.1, 0.15) is 15.9 Å². The van der Waals surface area contributed by atoms with E-state index in [0.29, 0.717) is 28.5 Å². The van der Waals surface area contributed by atoms with Gasteiger partial charge in [0.15, 0.2) is 0 Å². The van der Waals surface area contributed by atoms with E-state index in [4.69, 9.17) is 23.2 Å². The van der Waals surface area contributed by atoms with E-state index in [1.165, 1.54) is 0 Å². The predicted molar refractivity (Wildman–Crippen MR) is 81.3 cm³/mol. The molecular weight excluding hydrogens is 276 g/mol. The number of carbonyl (C=O) groups is 1. The van der Waals surface area contributed by atoms with E-state index in [2.05, 4.69) is 10.7 Å². The first-order chi connectivity index (χ1) is 9.60.